The van der Waals surface area contributed by atoms with Crippen molar-refractivity contribution >= 4 is 37.5 Å². The summed E-state index contributed by atoms with van der Waals surface area (Å²) in [6.45, 7) is 4.78. The molecule has 9 heteroatoms. The summed E-state index contributed by atoms with van der Waals surface area (Å²) < 4.78 is 43.0. The number of carbonyl (C=O) groups excluding carboxylic acids is 1. The summed E-state index contributed by atoms with van der Waals surface area (Å²) in [6.07, 6.45) is 1.45. The number of hydrogen-bond donors (Lipinski definition) is 0. The fourth-order valence-corrected chi connectivity index (χ4v) is 5.80. The van der Waals surface area contributed by atoms with Gasteiger partial charge in [0.05, 0.1) is 15.1 Å². The van der Waals surface area contributed by atoms with Crippen LogP contribution in [0.15, 0.2) is 52.4 Å². The zero-order valence-corrected chi connectivity index (χ0v) is 18.8. The SMILES string of the molecule is CCCN(CCC)S(=O)(=O)c1ccc(C(=O)N=c2sc3cc(F)ccc3n2C)cc1. The molecule has 0 atom stereocenters. The number of fused-ring (bicyclic) bond motifs is 1. The molecule has 2 aromatic carbocycles. The Hall–Kier alpha value is -2.36. The molecule has 0 aliphatic rings. The van der Waals surface area contributed by atoms with Gasteiger partial charge in [-0.3, -0.25) is 4.79 Å². The molecule has 0 aliphatic carbocycles. The Morgan fingerprint density at radius 3 is 2.33 bits per heavy atom. The molecule has 0 aliphatic heterocycles. The highest BCUT2D eigenvalue weighted by atomic mass is 32.2. The normalized spacial score (nSPS) is 12.8. The smallest absolute Gasteiger partial charge is 0.279 e. The molecule has 0 radical (unpaired) electrons. The lowest BCUT2D eigenvalue weighted by molar-refractivity contribution is 0.0998. The molecule has 1 amide bonds. The molecule has 1 heterocycles. The van der Waals surface area contributed by atoms with Crippen LogP contribution in [0, 0.1) is 5.82 Å². The number of amides is 1. The molecule has 3 rings (SSSR count). The first-order valence-electron chi connectivity index (χ1n) is 9.72. The van der Waals surface area contributed by atoms with Gasteiger partial charge in [0.2, 0.25) is 10.0 Å². The number of aromatic nitrogens is 1. The Morgan fingerprint density at radius 1 is 1.10 bits per heavy atom. The van der Waals surface area contributed by atoms with E-state index in [4.69, 9.17) is 0 Å². The largest absolute Gasteiger partial charge is 0.319 e. The van der Waals surface area contributed by atoms with Crippen molar-refractivity contribution < 1.29 is 17.6 Å². The molecule has 160 valence electrons. The summed E-state index contributed by atoms with van der Waals surface area (Å²) in [7, 11) is -1.84. The van der Waals surface area contributed by atoms with E-state index in [0.29, 0.717) is 22.6 Å². The molecule has 0 fully saturated rings. The van der Waals surface area contributed by atoms with E-state index in [0.717, 1.165) is 18.4 Å². The number of nitrogens with zero attached hydrogens (tertiary/aromatic N) is 3. The van der Waals surface area contributed by atoms with E-state index in [2.05, 4.69) is 4.99 Å². The van der Waals surface area contributed by atoms with Crippen molar-refractivity contribution in [3.8, 4) is 0 Å². The maximum Gasteiger partial charge on any atom is 0.279 e. The van der Waals surface area contributed by atoms with Crippen LogP contribution >= 0.6 is 11.3 Å². The van der Waals surface area contributed by atoms with E-state index in [1.54, 1.807) is 17.7 Å². The third-order valence-corrected chi connectivity index (χ3v) is 7.66. The predicted octanol–water partition coefficient (Wildman–Crippen LogP) is 3.93. The Labute approximate surface area is 179 Å². The van der Waals surface area contributed by atoms with E-state index >= 15 is 0 Å². The Balaban J connectivity index is 1.90. The van der Waals surface area contributed by atoms with Crippen LogP contribution < -0.4 is 4.80 Å². The zero-order chi connectivity index (χ0) is 21.9. The highest BCUT2D eigenvalue weighted by Crippen LogP contribution is 2.19. The number of halogens is 1. The van der Waals surface area contributed by atoms with Crippen LogP contribution in [0.4, 0.5) is 4.39 Å². The summed E-state index contributed by atoms with van der Waals surface area (Å²) in [5, 5.41) is 0. The monoisotopic (exact) mass is 449 g/mol. The molecular weight excluding hydrogens is 425 g/mol. The van der Waals surface area contributed by atoms with Gasteiger partial charge in [-0.05, 0) is 55.3 Å². The summed E-state index contributed by atoms with van der Waals surface area (Å²) in [5.74, 6) is -0.834. The standard InChI is InChI=1S/C21H24FN3O3S2/c1-4-12-25(13-5-2)30(27,28)17-9-6-15(7-10-17)20(26)23-21-24(3)18-11-8-16(22)14-19(18)29-21/h6-11,14H,4-5,12-13H2,1-3H3. The van der Waals surface area contributed by atoms with Crippen molar-refractivity contribution in [1.82, 2.24) is 8.87 Å². The van der Waals surface area contributed by atoms with Gasteiger partial charge in [0.15, 0.2) is 4.80 Å². The number of aryl methyl sites for hydroxylation is 1. The molecule has 30 heavy (non-hydrogen) atoms. The molecule has 3 aromatic rings. The van der Waals surface area contributed by atoms with Crippen LogP contribution in [0.25, 0.3) is 10.2 Å². The molecule has 0 N–H and O–H groups in total. The average Bonchev–Trinajstić information content (AvgIpc) is 3.02. The van der Waals surface area contributed by atoms with Crippen molar-refractivity contribution in [2.75, 3.05) is 13.1 Å². The molecule has 0 bridgehead atoms. The summed E-state index contributed by atoms with van der Waals surface area (Å²) in [5.41, 5.74) is 1.07. The predicted molar refractivity (Wildman–Crippen MR) is 116 cm³/mol. The van der Waals surface area contributed by atoms with E-state index in [-0.39, 0.29) is 16.3 Å². The Morgan fingerprint density at radius 2 is 1.73 bits per heavy atom. The fourth-order valence-electron chi connectivity index (χ4n) is 3.14. The molecule has 0 spiro atoms. The summed E-state index contributed by atoms with van der Waals surface area (Å²) >= 11 is 1.22. The molecule has 6 nitrogen and oxygen atoms in total. The van der Waals surface area contributed by atoms with Crippen LogP contribution in [0.1, 0.15) is 37.0 Å². The third kappa shape index (κ3) is 4.53. The lowest BCUT2D eigenvalue weighted by atomic mass is 10.2. The van der Waals surface area contributed by atoms with Gasteiger partial charge in [0.1, 0.15) is 5.82 Å². The highest BCUT2D eigenvalue weighted by molar-refractivity contribution is 7.89. The Kier molecular flexibility index (Phi) is 6.84. The zero-order valence-electron chi connectivity index (χ0n) is 17.1. The third-order valence-electron chi connectivity index (χ3n) is 4.65. The minimum absolute atomic E-state index is 0.156. The number of carbonyl (C=O) groups is 1. The number of thiazole rings is 1. The van der Waals surface area contributed by atoms with Gasteiger partial charge in [-0.15, -0.1) is 0 Å². The van der Waals surface area contributed by atoms with Gasteiger partial charge in [-0.2, -0.15) is 9.30 Å². The lowest BCUT2D eigenvalue weighted by Gasteiger charge is -2.21. The highest BCUT2D eigenvalue weighted by Gasteiger charge is 2.23. The van der Waals surface area contributed by atoms with Gasteiger partial charge in [0, 0.05) is 25.7 Å². The summed E-state index contributed by atoms with van der Waals surface area (Å²) in [4.78, 5) is 17.3. The second-order valence-electron chi connectivity index (χ2n) is 6.90. The molecule has 0 saturated carbocycles. The topological polar surface area (TPSA) is 71.7 Å². The van der Waals surface area contributed by atoms with Crippen molar-refractivity contribution in [2.45, 2.75) is 31.6 Å². The Bertz CT molecular complexity index is 1220. The average molecular weight is 450 g/mol. The van der Waals surface area contributed by atoms with E-state index in [9.17, 15) is 17.6 Å². The van der Waals surface area contributed by atoms with Crippen LogP contribution in [-0.2, 0) is 17.1 Å². The van der Waals surface area contributed by atoms with Crippen molar-refractivity contribution in [3.05, 3.63) is 58.6 Å². The first-order chi connectivity index (χ1) is 14.3. The number of benzene rings is 2. The maximum atomic E-state index is 13.4. The number of sulfonamides is 1. The molecule has 1 aromatic heterocycles. The minimum Gasteiger partial charge on any atom is -0.319 e. The molecule has 0 saturated heterocycles. The van der Waals surface area contributed by atoms with Crippen LogP contribution in [-0.4, -0.2) is 36.3 Å². The number of hydrogen-bond acceptors (Lipinski definition) is 4. The van der Waals surface area contributed by atoms with Gasteiger partial charge in [0.25, 0.3) is 5.91 Å². The fraction of sp³-hybridized carbons (Fsp3) is 0.333. The van der Waals surface area contributed by atoms with Gasteiger partial charge in [-0.25, -0.2) is 12.8 Å². The van der Waals surface area contributed by atoms with E-state index < -0.39 is 15.9 Å². The van der Waals surface area contributed by atoms with Crippen LogP contribution in [0.5, 0.6) is 0 Å². The van der Waals surface area contributed by atoms with Gasteiger partial charge < -0.3 is 4.57 Å². The van der Waals surface area contributed by atoms with Crippen molar-refractivity contribution in [1.29, 1.82) is 0 Å². The van der Waals surface area contributed by atoms with Crippen LogP contribution in [0.2, 0.25) is 0 Å². The van der Waals surface area contributed by atoms with E-state index in [1.807, 2.05) is 13.8 Å². The van der Waals surface area contributed by atoms with E-state index in [1.165, 1.54) is 52.0 Å². The lowest BCUT2D eigenvalue weighted by Crippen LogP contribution is -2.32. The van der Waals surface area contributed by atoms with Crippen molar-refractivity contribution in [3.63, 3.8) is 0 Å². The quantitative estimate of drug-likeness (QED) is 0.549. The van der Waals surface area contributed by atoms with Crippen LogP contribution in [0.3, 0.4) is 0 Å². The first-order valence-corrected chi connectivity index (χ1v) is 12.0. The maximum absolute atomic E-state index is 13.4. The van der Waals surface area contributed by atoms with Crippen molar-refractivity contribution in [2.24, 2.45) is 12.0 Å². The molecular formula is C21H24FN3O3S2. The second-order valence-corrected chi connectivity index (χ2v) is 9.85. The summed E-state index contributed by atoms with van der Waals surface area (Å²) in [6, 6.07) is 10.2. The van der Waals surface area contributed by atoms with Gasteiger partial charge in [-0.1, -0.05) is 25.2 Å². The molecule has 0 unspecified atom stereocenters. The second kappa shape index (κ2) is 9.20. The number of rotatable bonds is 7. The first kappa shape index (κ1) is 22.3. The van der Waals surface area contributed by atoms with Gasteiger partial charge >= 0.3 is 0 Å². The minimum atomic E-state index is -3.60.